The van der Waals surface area contributed by atoms with Crippen LogP contribution in [0.4, 0.5) is 4.39 Å². The summed E-state index contributed by atoms with van der Waals surface area (Å²) in [5.41, 5.74) is 3.08. The SMILES string of the molecule is CCNC(c1ccc(F)cc1)c1cccc(C)c1Cl. The van der Waals surface area contributed by atoms with Gasteiger partial charge in [-0.3, -0.25) is 0 Å². The lowest BCUT2D eigenvalue weighted by molar-refractivity contribution is 0.613. The van der Waals surface area contributed by atoms with Crippen LogP contribution in [0.25, 0.3) is 0 Å². The average Bonchev–Trinajstić information content (AvgIpc) is 2.41. The number of hydrogen-bond acceptors (Lipinski definition) is 1. The third-order valence-electron chi connectivity index (χ3n) is 3.14. The fourth-order valence-electron chi connectivity index (χ4n) is 2.16. The zero-order chi connectivity index (χ0) is 13.8. The number of aryl methyl sites for hydroxylation is 1. The molecular weight excluding hydrogens is 261 g/mol. The molecule has 0 heterocycles. The van der Waals surface area contributed by atoms with Gasteiger partial charge < -0.3 is 5.32 Å². The standard InChI is InChI=1S/C16H17ClFN/c1-3-19-16(12-7-9-13(18)10-8-12)14-6-4-5-11(2)15(14)17/h4-10,16,19H,3H2,1-2H3. The molecule has 1 nitrogen and oxygen atoms in total. The summed E-state index contributed by atoms with van der Waals surface area (Å²) in [4.78, 5) is 0. The Kier molecular flexibility index (Phi) is 4.56. The van der Waals surface area contributed by atoms with E-state index in [0.29, 0.717) is 0 Å². The quantitative estimate of drug-likeness (QED) is 0.868. The highest BCUT2D eigenvalue weighted by Crippen LogP contribution is 2.30. The second-order valence-electron chi connectivity index (χ2n) is 4.52. The van der Waals surface area contributed by atoms with Crippen molar-refractivity contribution in [2.24, 2.45) is 0 Å². The molecular formula is C16H17ClFN. The maximum Gasteiger partial charge on any atom is 0.123 e. The molecule has 19 heavy (non-hydrogen) atoms. The Balaban J connectivity index is 2.45. The second-order valence-corrected chi connectivity index (χ2v) is 4.90. The van der Waals surface area contributed by atoms with Gasteiger partial charge in [-0.15, -0.1) is 0 Å². The molecule has 0 amide bonds. The summed E-state index contributed by atoms with van der Waals surface area (Å²) >= 11 is 6.39. The smallest absolute Gasteiger partial charge is 0.123 e. The van der Waals surface area contributed by atoms with E-state index in [0.717, 1.165) is 28.3 Å². The van der Waals surface area contributed by atoms with Crippen molar-refractivity contribution in [3.63, 3.8) is 0 Å². The summed E-state index contributed by atoms with van der Waals surface area (Å²) in [5, 5.41) is 4.16. The van der Waals surface area contributed by atoms with E-state index in [1.54, 1.807) is 12.1 Å². The summed E-state index contributed by atoms with van der Waals surface area (Å²) < 4.78 is 13.0. The van der Waals surface area contributed by atoms with Crippen LogP contribution in [0, 0.1) is 12.7 Å². The molecule has 100 valence electrons. The van der Waals surface area contributed by atoms with Gasteiger partial charge in [-0.25, -0.2) is 4.39 Å². The fraction of sp³-hybridized carbons (Fsp3) is 0.250. The van der Waals surface area contributed by atoms with Gasteiger partial charge in [0.25, 0.3) is 0 Å². The van der Waals surface area contributed by atoms with Gasteiger partial charge in [0.2, 0.25) is 0 Å². The van der Waals surface area contributed by atoms with Crippen molar-refractivity contribution in [2.45, 2.75) is 19.9 Å². The molecule has 1 N–H and O–H groups in total. The topological polar surface area (TPSA) is 12.0 Å². The lowest BCUT2D eigenvalue weighted by atomic mass is 9.97. The predicted octanol–water partition coefficient (Wildman–Crippen LogP) is 4.49. The highest BCUT2D eigenvalue weighted by Gasteiger charge is 2.16. The van der Waals surface area contributed by atoms with Gasteiger partial charge in [-0.1, -0.05) is 48.9 Å². The van der Waals surface area contributed by atoms with Crippen molar-refractivity contribution >= 4 is 11.6 Å². The molecule has 0 aliphatic carbocycles. The molecule has 0 saturated carbocycles. The van der Waals surface area contributed by atoms with Crippen LogP contribution in [0.5, 0.6) is 0 Å². The van der Waals surface area contributed by atoms with Crippen LogP contribution in [-0.4, -0.2) is 6.54 Å². The van der Waals surface area contributed by atoms with Gasteiger partial charge in [0, 0.05) is 5.02 Å². The first-order valence-electron chi connectivity index (χ1n) is 6.37. The first-order valence-corrected chi connectivity index (χ1v) is 6.75. The van der Waals surface area contributed by atoms with Crippen LogP contribution in [0.1, 0.15) is 29.7 Å². The third-order valence-corrected chi connectivity index (χ3v) is 3.66. The predicted molar refractivity (Wildman–Crippen MR) is 78.1 cm³/mol. The largest absolute Gasteiger partial charge is 0.306 e. The van der Waals surface area contributed by atoms with Crippen molar-refractivity contribution < 1.29 is 4.39 Å². The molecule has 1 unspecified atom stereocenters. The van der Waals surface area contributed by atoms with Crippen LogP contribution in [-0.2, 0) is 0 Å². The minimum Gasteiger partial charge on any atom is -0.306 e. The van der Waals surface area contributed by atoms with Crippen LogP contribution in [0.15, 0.2) is 42.5 Å². The molecule has 2 aromatic rings. The van der Waals surface area contributed by atoms with Gasteiger partial charge in [0.1, 0.15) is 5.82 Å². The molecule has 0 aliphatic heterocycles. The van der Waals surface area contributed by atoms with Crippen LogP contribution >= 0.6 is 11.6 Å². The summed E-state index contributed by atoms with van der Waals surface area (Å²) in [6.07, 6.45) is 0. The van der Waals surface area contributed by atoms with Crippen molar-refractivity contribution in [2.75, 3.05) is 6.54 Å². The fourth-order valence-corrected chi connectivity index (χ4v) is 2.39. The molecule has 0 fully saturated rings. The zero-order valence-electron chi connectivity index (χ0n) is 11.1. The Hall–Kier alpha value is -1.38. The van der Waals surface area contributed by atoms with Crippen molar-refractivity contribution in [1.82, 2.24) is 5.32 Å². The van der Waals surface area contributed by atoms with Crippen molar-refractivity contribution in [1.29, 1.82) is 0 Å². The molecule has 3 heteroatoms. The van der Waals surface area contributed by atoms with Crippen LogP contribution < -0.4 is 5.32 Å². The molecule has 0 bridgehead atoms. The first kappa shape index (κ1) is 14.0. The van der Waals surface area contributed by atoms with Gasteiger partial charge in [-0.05, 0) is 42.3 Å². The summed E-state index contributed by atoms with van der Waals surface area (Å²) in [6, 6.07) is 12.5. The molecule has 1 atom stereocenters. The number of hydrogen-bond donors (Lipinski definition) is 1. The van der Waals surface area contributed by atoms with E-state index in [4.69, 9.17) is 11.6 Å². The molecule has 0 spiro atoms. The minimum absolute atomic E-state index is 0.0157. The molecule has 2 rings (SSSR count). The normalized spacial score (nSPS) is 12.4. The number of nitrogens with one attached hydrogen (secondary N) is 1. The Morgan fingerprint density at radius 2 is 1.84 bits per heavy atom. The van der Waals surface area contributed by atoms with E-state index < -0.39 is 0 Å². The van der Waals surface area contributed by atoms with Crippen molar-refractivity contribution in [3.05, 3.63) is 70.0 Å². The molecule has 2 aromatic carbocycles. The Bertz CT molecular complexity index is 551. The maximum absolute atomic E-state index is 13.0. The van der Waals surface area contributed by atoms with Gasteiger partial charge >= 0.3 is 0 Å². The number of halogens is 2. The molecule has 0 aliphatic rings. The average molecular weight is 278 g/mol. The van der Waals surface area contributed by atoms with Crippen molar-refractivity contribution in [3.8, 4) is 0 Å². The lowest BCUT2D eigenvalue weighted by Crippen LogP contribution is -2.22. The van der Waals surface area contributed by atoms with Gasteiger partial charge in [0.15, 0.2) is 0 Å². The lowest BCUT2D eigenvalue weighted by Gasteiger charge is -2.21. The van der Waals surface area contributed by atoms with E-state index in [2.05, 4.69) is 5.32 Å². The Labute approximate surface area is 118 Å². The highest BCUT2D eigenvalue weighted by molar-refractivity contribution is 6.32. The van der Waals surface area contributed by atoms with Crippen LogP contribution in [0.2, 0.25) is 5.02 Å². The van der Waals surface area contributed by atoms with E-state index in [1.165, 1.54) is 12.1 Å². The van der Waals surface area contributed by atoms with E-state index in [9.17, 15) is 4.39 Å². The summed E-state index contributed by atoms with van der Waals surface area (Å²) in [6.45, 7) is 4.84. The first-order chi connectivity index (χ1) is 9.13. The molecule has 0 aromatic heterocycles. The van der Waals surface area contributed by atoms with Gasteiger partial charge in [-0.2, -0.15) is 0 Å². The van der Waals surface area contributed by atoms with Gasteiger partial charge in [0.05, 0.1) is 6.04 Å². The minimum atomic E-state index is -0.227. The third kappa shape index (κ3) is 3.14. The number of rotatable bonds is 4. The molecule has 0 saturated heterocycles. The van der Waals surface area contributed by atoms with E-state index >= 15 is 0 Å². The summed E-state index contributed by atoms with van der Waals surface area (Å²) in [5.74, 6) is -0.227. The van der Waals surface area contributed by atoms with Crippen LogP contribution in [0.3, 0.4) is 0 Å². The van der Waals surface area contributed by atoms with E-state index in [-0.39, 0.29) is 11.9 Å². The maximum atomic E-state index is 13.0. The molecule has 0 radical (unpaired) electrons. The Morgan fingerprint density at radius 3 is 2.47 bits per heavy atom. The monoisotopic (exact) mass is 277 g/mol. The zero-order valence-corrected chi connectivity index (χ0v) is 11.8. The highest BCUT2D eigenvalue weighted by atomic mass is 35.5. The second kappa shape index (κ2) is 6.18. The summed E-state index contributed by atoms with van der Waals surface area (Å²) in [7, 11) is 0. The number of benzene rings is 2. The Morgan fingerprint density at radius 1 is 1.16 bits per heavy atom. The van der Waals surface area contributed by atoms with E-state index in [1.807, 2.05) is 32.0 Å².